The topological polar surface area (TPSA) is 37.3 Å². The number of nitrogens with one attached hydrogen (secondary N) is 1. The van der Waals surface area contributed by atoms with Gasteiger partial charge in [0.2, 0.25) is 0 Å². The van der Waals surface area contributed by atoms with Crippen molar-refractivity contribution in [1.29, 1.82) is 0 Å². The Morgan fingerprint density at radius 1 is 1.36 bits per heavy atom. The van der Waals surface area contributed by atoms with Crippen LogP contribution in [-0.4, -0.2) is 29.6 Å². The lowest BCUT2D eigenvalue weighted by Gasteiger charge is -2.28. The van der Waals surface area contributed by atoms with Crippen molar-refractivity contribution < 1.29 is 0 Å². The quantitative estimate of drug-likeness (QED) is 0.840. The molecule has 0 fully saturated rings. The van der Waals surface area contributed by atoms with E-state index in [1.54, 1.807) is 0 Å². The highest BCUT2D eigenvalue weighted by Crippen LogP contribution is 2.18. The number of likely N-dealkylation sites (N-methyl/N-ethyl adjacent to an activating group) is 1. The van der Waals surface area contributed by atoms with Crippen molar-refractivity contribution >= 4 is 0 Å². The maximum absolute atomic E-state index is 12.8. The first-order valence-corrected chi connectivity index (χ1v) is 8.66. The van der Waals surface area contributed by atoms with E-state index in [9.17, 15) is 4.79 Å². The molecule has 0 atom stereocenters. The smallest absolute Gasteiger partial charge is 0.255 e. The van der Waals surface area contributed by atoms with Gasteiger partial charge in [0, 0.05) is 43.9 Å². The van der Waals surface area contributed by atoms with E-state index in [0.717, 1.165) is 51.0 Å². The van der Waals surface area contributed by atoms with Crippen molar-refractivity contribution in [2.24, 2.45) is 5.92 Å². The van der Waals surface area contributed by atoms with Gasteiger partial charge in [-0.1, -0.05) is 27.2 Å². The Hall–Kier alpha value is -1.13. The highest BCUT2D eigenvalue weighted by Gasteiger charge is 2.19. The molecule has 2 heterocycles. The molecule has 1 N–H and O–H groups in total. The second-order valence-electron chi connectivity index (χ2n) is 6.96. The van der Waals surface area contributed by atoms with Crippen molar-refractivity contribution in [3.63, 3.8) is 0 Å². The summed E-state index contributed by atoms with van der Waals surface area (Å²) in [6, 6.07) is 2.14. The molecule has 4 heteroatoms. The van der Waals surface area contributed by atoms with Gasteiger partial charge in [-0.3, -0.25) is 4.79 Å². The van der Waals surface area contributed by atoms with E-state index in [1.807, 2.05) is 0 Å². The molecular formula is C18H31N3O. The van der Waals surface area contributed by atoms with Crippen LogP contribution in [0.5, 0.6) is 0 Å². The molecule has 22 heavy (non-hydrogen) atoms. The fourth-order valence-electron chi connectivity index (χ4n) is 3.10. The van der Waals surface area contributed by atoms with Crippen LogP contribution >= 0.6 is 0 Å². The van der Waals surface area contributed by atoms with Crippen molar-refractivity contribution in [3.05, 3.63) is 33.2 Å². The van der Waals surface area contributed by atoms with E-state index in [4.69, 9.17) is 0 Å². The van der Waals surface area contributed by atoms with E-state index < -0.39 is 0 Å². The summed E-state index contributed by atoms with van der Waals surface area (Å²) >= 11 is 0. The molecule has 124 valence electrons. The van der Waals surface area contributed by atoms with E-state index in [0.29, 0.717) is 12.5 Å². The van der Waals surface area contributed by atoms with Crippen molar-refractivity contribution in [1.82, 2.24) is 14.8 Å². The van der Waals surface area contributed by atoms with E-state index in [2.05, 4.69) is 48.7 Å². The van der Waals surface area contributed by atoms with Crippen molar-refractivity contribution in [2.45, 2.75) is 59.7 Å². The van der Waals surface area contributed by atoms with E-state index >= 15 is 0 Å². The summed E-state index contributed by atoms with van der Waals surface area (Å²) in [4.78, 5) is 15.1. The minimum Gasteiger partial charge on any atom is -0.312 e. The summed E-state index contributed by atoms with van der Waals surface area (Å²) in [7, 11) is 2.15. The average molecular weight is 305 g/mol. The van der Waals surface area contributed by atoms with Gasteiger partial charge in [0.05, 0.1) is 0 Å². The molecule has 0 unspecified atom stereocenters. The van der Waals surface area contributed by atoms with Crippen LogP contribution in [0.4, 0.5) is 0 Å². The molecule has 1 aromatic heterocycles. The Morgan fingerprint density at radius 2 is 2.14 bits per heavy atom. The highest BCUT2D eigenvalue weighted by molar-refractivity contribution is 5.29. The summed E-state index contributed by atoms with van der Waals surface area (Å²) in [6.45, 7) is 11.1. The van der Waals surface area contributed by atoms with Gasteiger partial charge in [-0.15, -0.1) is 0 Å². The Morgan fingerprint density at radius 3 is 2.82 bits per heavy atom. The van der Waals surface area contributed by atoms with Crippen molar-refractivity contribution in [3.8, 4) is 0 Å². The molecule has 0 spiro atoms. The average Bonchev–Trinajstić information content (AvgIpc) is 2.47. The maximum atomic E-state index is 12.8. The standard InChI is InChI=1S/C18H31N3O/c1-5-6-8-21-17-7-9-20(4)13-16(17)10-15(18(21)22)12-19-11-14(2)3/h10,14,19H,5-9,11-13H2,1-4H3. The van der Waals surface area contributed by atoms with Gasteiger partial charge >= 0.3 is 0 Å². The lowest BCUT2D eigenvalue weighted by atomic mass is 10.0. The first-order chi connectivity index (χ1) is 10.5. The Labute approximate surface area is 134 Å². The SMILES string of the molecule is CCCCn1c2c(cc(CNCC(C)C)c1=O)CN(C)CC2. The number of fused-ring (bicyclic) bond motifs is 1. The van der Waals surface area contributed by atoms with Crippen LogP contribution in [0.2, 0.25) is 0 Å². The number of rotatable bonds is 7. The molecule has 0 radical (unpaired) electrons. The van der Waals surface area contributed by atoms with Crippen LogP contribution in [0.1, 0.15) is 50.4 Å². The Balaban J connectivity index is 2.29. The minimum atomic E-state index is 0.216. The van der Waals surface area contributed by atoms with Crippen LogP contribution in [0.3, 0.4) is 0 Å². The lowest BCUT2D eigenvalue weighted by molar-refractivity contribution is 0.303. The van der Waals surface area contributed by atoms with Gasteiger partial charge in [0.1, 0.15) is 0 Å². The summed E-state index contributed by atoms with van der Waals surface area (Å²) in [5, 5.41) is 3.42. The zero-order valence-corrected chi connectivity index (χ0v) is 14.6. The predicted octanol–water partition coefficient (Wildman–Crippen LogP) is 2.38. The summed E-state index contributed by atoms with van der Waals surface area (Å²) in [5.41, 5.74) is 3.74. The van der Waals surface area contributed by atoms with Gasteiger partial charge in [-0.25, -0.2) is 0 Å². The number of pyridine rings is 1. The number of unbranched alkanes of at least 4 members (excludes halogenated alkanes) is 1. The molecule has 2 rings (SSSR count). The van der Waals surface area contributed by atoms with Crippen LogP contribution in [0.15, 0.2) is 10.9 Å². The maximum Gasteiger partial charge on any atom is 0.255 e. The number of hydrogen-bond donors (Lipinski definition) is 1. The summed E-state index contributed by atoms with van der Waals surface area (Å²) in [5.74, 6) is 0.603. The molecule has 0 saturated carbocycles. The molecule has 4 nitrogen and oxygen atoms in total. The zero-order chi connectivity index (χ0) is 16.1. The Bertz CT molecular complexity index is 548. The van der Waals surface area contributed by atoms with E-state index in [1.165, 1.54) is 11.3 Å². The van der Waals surface area contributed by atoms with Gasteiger partial charge in [0.15, 0.2) is 0 Å². The number of nitrogens with zero attached hydrogens (tertiary/aromatic N) is 2. The van der Waals surface area contributed by atoms with Crippen LogP contribution < -0.4 is 10.9 Å². The third-order valence-electron chi connectivity index (χ3n) is 4.34. The van der Waals surface area contributed by atoms with Crippen LogP contribution in [0, 0.1) is 5.92 Å². The largest absolute Gasteiger partial charge is 0.312 e. The molecule has 1 aromatic rings. The predicted molar refractivity (Wildman–Crippen MR) is 92.2 cm³/mol. The molecule has 0 saturated heterocycles. The molecule has 0 amide bonds. The molecule has 0 aromatic carbocycles. The number of hydrogen-bond acceptors (Lipinski definition) is 3. The van der Waals surface area contributed by atoms with Gasteiger partial charge in [-0.2, -0.15) is 0 Å². The van der Waals surface area contributed by atoms with Gasteiger partial charge in [0.25, 0.3) is 5.56 Å². The van der Waals surface area contributed by atoms with Crippen LogP contribution in [-0.2, 0) is 26.1 Å². The third kappa shape index (κ3) is 4.20. The summed E-state index contributed by atoms with van der Waals surface area (Å²) in [6.07, 6.45) is 3.19. The monoisotopic (exact) mass is 305 g/mol. The minimum absolute atomic E-state index is 0.216. The second-order valence-corrected chi connectivity index (χ2v) is 6.96. The first kappa shape index (κ1) is 17.2. The molecule has 0 aliphatic carbocycles. The molecular weight excluding hydrogens is 274 g/mol. The normalized spacial score (nSPS) is 15.3. The molecule has 1 aliphatic rings. The summed E-state index contributed by atoms with van der Waals surface area (Å²) < 4.78 is 2.05. The van der Waals surface area contributed by atoms with Gasteiger partial charge < -0.3 is 14.8 Å². The van der Waals surface area contributed by atoms with Crippen molar-refractivity contribution in [2.75, 3.05) is 20.1 Å². The second kappa shape index (κ2) is 7.93. The fourth-order valence-corrected chi connectivity index (χ4v) is 3.10. The number of aromatic nitrogens is 1. The lowest BCUT2D eigenvalue weighted by Crippen LogP contribution is -2.36. The Kier molecular flexibility index (Phi) is 6.21. The van der Waals surface area contributed by atoms with E-state index in [-0.39, 0.29) is 5.56 Å². The van der Waals surface area contributed by atoms with Crippen LogP contribution in [0.25, 0.3) is 0 Å². The van der Waals surface area contributed by atoms with Gasteiger partial charge in [-0.05, 0) is 37.6 Å². The molecule has 1 aliphatic heterocycles. The first-order valence-electron chi connectivity index (χ1n) is 8.66. The third-order valence-corrected chi connectivity index (χ3v) is 4.34. The highest BCUT2D eigenvalue weighted by atomic mass is 16.1. The molecule has 0 bridgehead atoms. The zero-order valence-electron chi connectivity index (χ0n) is 14.6. The fraction of sp³-hybridized carbons (Fsp3) is 0.722.